The predicted octanol–water partition coefficient (Wildman–Crippen LogP) is -0.410. The molecule has 0 aromatic heterocycles. The summed E-state index contributed by atoms with van der Waals surface area (Å²) < 4.78 is 0. The summed E-state index contributed by atoms with van der Waals surface area (Å²) in [7, 11) is 2.06. The lowest BCUT2D eigenvalue weighted by atomic mass is 10.1. The van der Waals surface area contributed by atoms with Crippen LogP contribution in [0.3, 0.4) is 0 Å². The molecule has 0 spiro atoms. The molecule has 2 N–H and O–H groups in total. The molecule has 0 unspecified atom stereocenters. The van der Waals surface area contributed by atoms with Crippen molar-refractivity contribution in [1.29, 1.82) is 0 Å². The lowest BCUT2D eigenvalue weighted by Gasteiger charge is -2.37. The summed E-state index contributed by atoms with van der Waals surface area (Å²) in [4.78, 5) is 43.4. The summed E-state index contributed by atoms with van der Waals surface area (Å²) in [6.07, 6.45) is -0.0464. The quantitative estimate of drug-likeness (QED) is 0.733. The van der Waals surface area contributed by atoms with E-state index in [0.717, 1.165) is 26.2 Å². The fourth-order valence-electron chi connectivity index (χ4n) is 3.41. The van der Waals surface area contributed by atoms with Gasteiger partial charge < -0.3 is 20.4 Å². The van der Waals surface area contributed by atoms with Crippen molar-refractivity contribution in [3.63, 3.8) is 0 Å². The summed E-state index contributed by atoms with van der Waals surface area (Å²) in [6, 6.07) is 8.33. The van der Waals surface area contributed by atoms with Gasteiger partial charge in [0.05, 0.1) is 13.0 Å². The van der Waals surface area contributed by atoms with Gasteiger partial charge >= 0.3 is 0 Å². The third-order valence-electron chi connectivity index (χ3n) is 5.04. The molecular formula is C19H27N5O3. The number of carbonyl (C=O) groups is 3. The summed E-state index contributed by atoms with van der Waals surface area (Å²) in [6.45, 7) is 4.67. The summed E-state index contributed by atoms with van der Waals surface area (Å²) in [5.41, 5.74) is 0.675. The van der Waals surface area contributed by atoms with E-state index in [1.165, 1.54) is 0 Å². The highest BCUT2D eigenvalue weighted by Gasteiger charge is 2.35. The Kier molecular flexibility index (Phi) is 6.41. The largest absolute Gasteiger partial charge is 0.353 e. The zero-order valence-electron chi connectivity index (χ0n) is 15.7. The van der Waals surface area contributed by atoms with E-state index in [1.54, 1.807) is 17.0 Å². The number of hydrogen-bond acceptors (Lipinski definition) is 5. The average Bonchev–Trinajstić information content (AvgIpc) is 2.66. The molecule has 8 heteroatoms. The van der Waals surface area contributed by atoms with E-state index in [0.29, 0.717) is 18.8 Å². The normalized spacial score (nSPS) is 21.6. The minimum Gasteiger partial charge on any atom is -0.353 e. The molecule has 2 fully saturated rings. The van der Waals surface area contributed by atoms with E-state index in [-0.39, 0.29) is 30.7 Å². The molecule has 1 atom stereocenters. The molecule has 1 aromatic carbocycles. The van der Waals surface area contributed by atoms with Gasteiger partial charge in [0.2, 0.25) is 17.7 Å². The van der Waals surface area contributed by atoms with E-state index >= 15 is 0 Å². The maximum absolute atomic E-state index is 12.8. The maximum atomic E-state index is 12.8. The van der Waals surface area contributed by atoms with Gasteiger partial charge in [0.1, 0.15) is 6.04 Å². The van der Waals surface area contributed by atoms with Crippen LogP contribution in [0.1, 0.15) is 6.42 Å². The third-order valence-corrected chi connectivity index (χ3v) is 5.04. The number of nitrogens with zero attached hydrogens (tertiary/aromatic N) is 3. The number of amides is 3. The summed E-state index contributed by atoms with van der Waals surface area (Å²) >= 11 is 0. The first-order chi connectivity index (χ1) is 13.0. The van der Waals surface area contributed by atoms with Crippen molar-refractivity contribution in [2.24, 2.45) is 0 Å². The SMILES string of the molecule is CN1CCN(CC(=O)N2CCNC(=O)[C@H]2CC(=O)Nc2ccccc2)CC1. The second-order valence-corrected chi connectivity index (χ2v) is 7.09. The highest BCUT2D eigenvalue weighted by molar-refractivity contribution is 5.97. The molecule has 2 saturated heterocycles. The number of benzene rings is 1. The fraction of sp³-hybridized carbons (Fsp3) is 0.526. The van der Waals surface area contributed by atoms with E-state index in [2.05, 4.69) is 27.5 Å². The van der Waals surface area contributed by atoms with Crippen LogP contribution in [0.2, 0.25) is 0 Å². The minimum atomic E-state index is -0.762. The first-order valence-electron chi connectivity index (χ1n) is 9.36. The fourth-order valence-corrected chi connectivity index (χ4v) is 3.41. The van der Waals surface area contributed by atoms with Gasteiger partial charge in [-0.05, 0) is 19.2 Å². The van der Waals surface area contributed by atoms with E-state index in [9.17, 15) is 14.4 Å². The molecule has 3 amide bonds. The average molecular weight is 373 g/mol. The molecule has 0 saturated carbocycles. The first kappa shape index (κ1) is 19.3. The first-order valence-corrected chi connectivity index (χ1v) is 9.36. The number of likely N-dealkylation sites (N-methyl/N-ethyl adjacent to an activating group) is 1. The molecule has 0 bridgehead atoms. The molecule has 27 heavy (non-hydrogen) atoms. The Balaban J connectivity index is 1.59. The summed E-state index contributed by atoms with van der Waals surface area (Å²) in [5.74, 6) is -0.635. The molecule has 2 heterocycles. The van der Waals surface area contributed by atoms with E-state index in [1.807, 2.05) is 18.2 Å². The number of para-hydroxylation sites is 1. The molecule has 8 nitrogen and oxygen atoms in total. The van der Waals surface area contributed by atoms with Crippen LogP contribution < -0.4 is 10.6 Å². The van der Waals surface area contributed by atoms with Crippen molar-refractivity contribution in [2.75, 3.05) is 58.2 Å². The van der Waals surface area contributed by atoms with E-state index < -0.39 is 6.04 Å². The number of anilines is 1. The lowest BCUT2D eigenvalue weighted by molar-refractivity contribution is -0.145. The Bertz CT molecular complexity index is 673. The Morgan fingerprint density at radius 3 is 2.52 bits per heavy atom. The maximum Gasteiger partial charge on any atom is 0.243 e. The number of hydrogen-bond donors (Lipinski definition) is 2. The van der Waals surface area contributed by atoms with Gasteiger partial charge in [-0.15, -0.1) is 0 Å². The molecule has 146 valence electrons. The van der Waals surface area contributed by atoms with Gasteiger partial charge in [-0.3, -0.25) is 19.3 Å². The third kappa shape index (κ3) is 5.27. The van der Waals surface area contributed by atoms with Gasteiger partial charge in [-0.2, -0.15) is 0 Å². The smallest absolute Gasteiger partial charge is 0.243 e. The van der Waals surface area contributed by atoms with Crippen LogP contribution in [0.15, 0.2) is 30.3 Å². The highest BCUT2D eigenvalue weighted by Crippen LogP contribution is 2.13. The second kappa shape index (κ2) is 8.96. The van der Waals surface area contributed by atoms with Crippen molar-refractivity contribution >= 4 is 23.4 Å². The number of rotatable bonds is 5. The minimum absolute atomic E-state index is 0.0464. The van der Waals surface area contributed by atoms with Gasteiger partial charge in [-0.1, -0.05) is 18.2 Å². The van der Waals surface area contributed by atoms with Crippen molar-refractivity contribution in [2.45, 2.75) is 12.5 Å². The number of nitrogens with one attached hydrogen (secondary N) is 2. The topological polar surface area (TPSA) is 85.0 Å². The molecular weight excluding hydrogens is 346 g/mol. The standard InChI is InChI=1S/C19H27N5O3/c1-22-9-11-23(12-10-22)14-18(26)24-8-7-20-19(27)16(24)13-17(25)21-15-5-3-2-4-6-15/h2-6,16H,7-14H2,1H3,(H,20,27)(H,21,25)/t16-/m1/s1. The zero-order chi connectivity index (χ0) is 19.2. The molecule has 3 rings (SSSR count). The van der Waals surface area contributed by atoms with Crippen LogP contribution in [-0.2, 0) is 14.4 Å². The van der Waals surface area contributed by atoms with Gasteiger partial charge in [0.25, 0.3) is 0 Å². The summed E-state index contributed by atoms with van der Waals surface area (Å²) in [5, 5.41) is 5.55. The highest BCUT2D eigenvalue weighted by atomic mass is 16.2. The van der Waals surface area contributed by atoms with Crippen LogP contribution in [0.25, 0.3) is 0 Å². The van der Waals surface area contributed by atoms with Crippen LogP contribution in [0.5, 0.6) is 0 Å². The van der Waals surface area contributed by atoms with Gasteiger partial charge in [0, 0.05) is 45.0 Å². The Labute approximate surface area is 159 Å². The van der Waals surface area contributed by atoms with Crippen LogP contribution in [-0.4, -0.2) is 91.3 Å². The monoisotopic (exact) mass is 373 g/mol. The van der Waals surface area contributed by atoms with Gasteiger partial charge in [0.15, 0.2) is 0 Å². The van der Waals surface area contributed by atoms with Crippen molar-refractivity contribution in [3.05, 3.63) is 30.3 Å². The lowest BCUT2D eigenvalue weighted by Crippen LogP contribution is -2.60. The van der Waals surface area contributed by atoms with Gasteiger partial charge in [-0.25, -0.2) is 0 Å². The van der Waals surface area contributed by atoms with Crippen LogP contribution in [0.4, 0.5) is 5.69 Å². The van der Waals surface area contributed by atoms with E-state index in [4.69, 9.17) is 0 Å². The molecule has 2 aliphatic heterocycles. The number of piperazine rings is 2. The molecule has 2 aliphatic rings. The Morgan fingerprint density at radius 2 is 1.81 bits per heavy atom. The molecule has 1 aromatic rings. The Morgan fingerprint density at radius 1 is 1.11 bits per heavy atom. The van der Waals surface area contributed by atoms with Crippen molar-refractivity contribution in [1.82, 2.24) is 20.0 Å². The second-order valence-electron chi connectivity index (χ2n) is 7.09. The van der Waals surface area contributed by atoms with Crippen LogP contribution >= 0.6 is 0 Å². The Hall–Kier alpha value is -2.45. The zero-order valence-corrected chi connectivity index (χ0v) is 15.7. The number of carbonyl (C=O) groups excluding carboxylic acids is 3. The molecule has 0 aliphatic carbocycles. The van der Waals surface area contributed by atoms with Crippen LogP contribution in [0, 0.1) is 0 Å². The predicted molar refractivity (Wildman–Crippen MR) is 102 cm³/mol. The molecule has 0 radical (unpaired) electrons. The van der Waals surface area contributed by atoms with Crippen molar-refractivity contribution in [3.8, 4) is 0 Å². The van der Waals surface area contributed by atoms with Crippen molar-refractivity contribution < 1.29 is 14.4 Å².